The number of oxazole rings is 1. The van der Waals surface area contributed by atoms with Crippen molar-refractivity contribution in [1.29, 1.82) is 0 Å². The number of rotatable bonds is 1. The first-order chi connectivity index (χ1) is 4.20. The number of hydrogen-bond donors (Lipinski definition) is 0. The minimum Gasteiger partial charge on any atom is -0.429 e. The highest BCUT2D eigenvalue weighted by Crippen LogP contribution is 2.08. The van der Waals surface area contributed by atoms with E-state index in [9.17, 15) is 0 Å². The lowest BCUT2D eigenvalue weighted by molar-refractivity contribution is 0.527. The van der Waals surface area contributed by atoms with Crippen molar-refractivity contribution in [3.05, 3.63) is 12.0 Å². The van der Waals surface area contributed by atoms with E-state index in [2.05, 4.69) is 4.98 Å². The molecule has 0 radical (unpaired) electrons. The van der Waals surface area contributed by atoms with Gasteiger partial charge >= 0.3 is 0 Å². The van der Waals surface area contributed by atoms with Gasteiger partial charge in [-0.1, -0.05) is 0 Å². The van der Waals surface area contributed by atoms with Crippen molar-refractivity contribution in [1.82, 2.24) is 4.98 Å². The van der Waals surface area contributed by atoms with E-state index in [0.29, 0.717) is 6.01 Å². The molecular weight excluding hydrogens is 116 g/mol. The molecule has 0 aliphatic carbocycles. The quantitative estimate of drug-likeness (QED) is 0.563. The van der Waals surface area contributed by atoms with Gasteiger partial charge in [-0.15, -0.1) is 0 Å². The molecule has 1 aromatic heterocycles. The molecule has 0 bridgehead atoms. The lowest BCUT2D eigenvalue weighted by Gasteiger charge is -2.03. The number of aryl methyl sites for hydroxylation is 1. The van der Waals surface area contributed by atoms with Crippen LogP contribution in [0.2, 0.25) is 0 Å². The zero-order valence-electron chi connectivity index (χ0n) is 5.88. The molecule has 0 N–H and O–H groups in total. The second-order valence-electron chi connectivity index (χ2n) is 2.15. The molecule has 0 unspecified atom stereocenters. The van der Waals surface area contributed by atoms with Crippen molar-refractivity contribution < 1.29 is 4.42 Å². The normalized spacial score (nSPS) is 9.67. The second-order valence-corrected chi connectivity index (χ2v) is 2.15. The van der Waals surface area contributed by atoms with Gasteiger partial charge in [0.25, 0.3) is 6.01 Å². The van der Waals surface area contributed by atoms with Crippen LogP contribution < -0.4 is 4.90 Å². The molecule has 1 heterocycles. The summed E-state index contributed by atoms with van der Waals surface area (Å²) in [5.74, 6) is 0.846. The predicted octanol–water partition coefficient (Wildman–Crippen LogP) is 1.05. The summed E-state index contributed by atoms with van der Waals surface area (Å²) in [6, 6.07) is 0.660. The van der Waals surface area contributed by atoms with E-state index in [1.807, 2.05) is 25.9 Å². The minimum atomic E-state index is 0.660. The van der Waals surface area contributed by atoms with Crippen LogP contribution in [0.4, 0.5) is 6.01 Å². The fraction of sp³-hybridized carbons (Fsp3) is 0.500. The van der Waals surface area contributed by atoms with Crippen LogP contribution in [0.25, 0.3) is 0 Å². The molecule has 9 heavy (non-hydrogen) atoms. The summed E-state index contributed by atoms with van der Waals surface area (Å²) < 4.78 is 5.16. The molecule has 0 saturated carbocycles. The maximum atomic E-state index is 5.16. The zero-order valence-corrected chi connectivity index (χ0v) is 5.88. The van der Waals surface area contributed by atoms with Crippen molar-refractivity contribution in [3.63, 3.8) is 0 Å². The Balaban J connectivity index is 2.85. The number of hydrogen-bond acceptors (Lipinski definition) is 3. The van der Waals surface area contributed by atoms with E-state index in [1.54, 1.807) is 6.20 Å². The Kier molecular flexibility index (Phi) is 1.42. The molecule has 50 valence electrons. The average molecular weight is 126 g/mol. The van der Waals surface area contributed by atoms with Crippen LogP contribution in [0.3, 0.4) is 0 Å². The monoisotopic (exact) mass is 126 g/mol. The van der Waals surface area contributed by atoms with Gasteiger partial charge in [-0.3, -0.25) is 0 Å². The number of anilines is 1. The summed E-state index contributed by atoms with van der Waals surface area (Å²) in [6.07, 6.45) is 1.70. The molecule has 0 fully saturated rings. The largest absolute Gasteiger partial charge is 0.429 e. The van der Waals surface area contributed by atoms with E-state index in [0.717, 1.165) is 5.76 Å². The second kappa shape index (κ2) is 2.09. The van der Waals surface area contributed by atoms with Crippen molar-refractivity contribution in [2.45, 2.75) is 6.92 Å². The first-order valence-corrected chi connectivity index (χ1v) is 2.80. The summed E-state index contributed by atoms with van der Waals surface area (Å²) in [6.45, 7) is 1.88. The van der Waals surface area contributed by atoms with Crippen LogP contribution in [-0.4, -0.2) is 19.1 Å². The van der Waals surface area contributed by atoms with E-state index < -0.39 is 0 Å². The van der Waals surface area contributed by atoms with Gasteiger partial charge in [0, 0.05) is 14.1 Å². The minimum absolute atomic E-state index is 0.660. The van der Waals surface area contributed by atoms with E-state index in [4.69, 9.17) is 4.42 Å². The van der Waals surface area contributed by atoms with Gasteiger partial charge in [0.1, 0.15) is 5.76 Å². The average Bonchev–Trinajstić information content (AvgIpc) is 2.14. The Morgan fingerprint density at radius 1 is 1.56 bits per heavy atom. The topological polar surface area (TPSA) is 29.3 Å². The molecule has 1 rings (SSSR count). The van der Waals surface area contributed by atoms with Crippen molar-refractivity contribution in [3.8, 4) is 0 Å². The SMILES string of the molecule is Cc1cnc(N(C)C)o1. The third-order valence-electron chi connectivity index (χ3n) is 0.992. The Morgan fingerprint density at radius 3 is 2.44 bits per heavy atom. The molecule has 0 aromatic carbocycles. The molecule has 0 aliphatic heterocycles. The highest BCUT2D eigenvalue weighted by Gasteiger charge is 1.99. The summed E-state index contributed by atoms with van der Waals surface area (Å²) in [5, 5.41) is 0. The fourth-order valence-corrected chi connectivity index (χ4v) is 0.550. The third-order valence-corrected chi connectivity index (χ3v) is 0.992. The van der Waals surface area contributed by atoms with Gasteiger partial charge in [0.15, 0.2) is 0 Å². The maximum absolute atomic E-state index is 5.16. The highest BCUT2D eigenvalue weighted by atomic mass is 16.4. The molecule has 0 saturated heterocycles. The molecule has 1 aromatic rings. The van der Waals surface area contributed by atoms with E-state index >= 15 is 0 Å². The lowest BCUT2D eigenvalue weighted by atomic mass is 10.6. The van der Waals surface area contributed by atoms with Gasteiger partial charge in [-0.05, 0) is 6.92 Å². The smallest absolute Gasteiger partial charge is 0.296 e. The van der Waals surface area contributed by atoms with Gasteiger partial charge in [-0.2, -0.15) is 0 Å². The third kappa shape index (κ3) is 1.22. The number of aromatic nitrogens is 1. The molecule has 0 spiro atoms. The Labute approximate surface area is 54.3 Å². The molecule has 0 aliphatic rings. The van der Waals surface area contributed by atoms with Crippen LogP contribution in [0.5, 0.6) is 0 Å². The van der Waals surface area contributed by atoms with E-state index in [-0.39, 0.29) is 0 Å². The Morgan fingerprint density at radius 2 is 2.22 bits per heavy atom. The van der Waals surface area contributed by atoms with Crippen LogP contribution in [0, 0.1) is 6.92 Å². The summed E-state index contributed by atoms with van der Waals surface area (Å²) in [4.78, 5) is 5.80. The van der Waals surface area contributed by atoms with Crippen molar-refractivity contribution >= 4 is 6.01 Å². The van der Waals surface area contributed by atoms with Crippen LogP contribution in [-0.2, 0) is 0 Å². The fourth-order valence-electron chi connectivity index (χ4n) is 0.550. The summed E-state index contributed by atoms with van der Waals surface area (Å²) in [5.41, 5.74) is 0. The van der Waals surface area contributed by atoms with Gasteiger partial charge < -0.3 is 9.32 Å². The maximum Gasteiger partial charge on any atom is 0.296 e. The molecular formula is C6H10N2O. The van der Waals surface area contributed by atoms with Gasteiger partial charge in [0.2, 0.25) is 0 Å². The number of nitrogens with zero attached hydrogens (tertiary/aromatic N) is 2. The highest BCUT2D eigenvalue weighted by molar-refractivity contribution is 5.21. The predicted molar refractivity (Wildman–Crippen MR) is 35.6 cm³/mol. The summed E-state index contributed by atoms with van der Waals surface area (Å²) in [7, 11) is 3.79. The molecule has 3 heteroatoms. The Hall–Kier alpha value is -0.990. The molecule has 3 nitrogen and oxygen atoms in total. The van der Waals surface area contributed by atoms with Crippen LogP contribution >= 0.6 is 0 Å². The Bertz CT molecular complexity index is 193. The van der Waals surface area contributed by atoms with Gasteiger partial charge in [0.05, 0.1) is 6.20 Å². The first-order valence-electron chi connectivity index (χ1n) is 2.80. The lowest BCUT2D eigenvalue weighted by Crippen LogP contribution is -2.08. The van der Waals surface area contributed by atoms with E-state index in [1.165, 1.54) is 0 Å². The zero-order chi connectivity index (χ0) is 6.85. The van der Waals surface area contributed by atoms with Crippen molar-refractivity contribution in [2.24, 2.45) is 0 Å². The van der Waals surface area contributed by atoms with Crippen LogP contribution in [0.15, 0.2) is 10.6 Å². The van der Waals surface area contributed by atoms with Crippen LogP contribution in [0.1, 0.15) is 5.76 Å². The molecule has 0 amide bonds. The van der Waals surface area contributed by atoms with Crippen molar-refractivity contribution in [2.75, 3.05) is 19.0 Å². The summed E-state index contributed by atoms with van der Waals surface area (Å²) >= 11 is 0. The van der Waals surface area contributed by atoms with Gasteiger partial charge in [-0.25, -0.2) is 4.98 Å². The first kappa shape index (κ1) is 6.13. The standard InChI is InChI=1S/C6H10N2O/c1-5-4-7-6(9-5)8(2)3/h4H,1-3H3. The molecule has 0 atom stereocenters.